The third kappa shape index (κ3) is 3.91. The Morgan fingerprint density at radius 3 is 2.48 bits per heavy atom. The van der Waals surface area contributed by atoms with Crippen LogP contribution in [0.25, 0.3) is 0 Å². The molecule has 1 aliphatic heterocycles. The van der Waals surface area contributed by atoms with Crippen molar-refractivity contribution >= 4 is 17.8 Å². The van der Waals surface area contributed by atoms with E-state index in [1.54, 1.807) is 11.9 Å². The summed E-state index contributed by atoms with van der Waals surface area (Å²) in [4.78, 5) is 32.5. The number of aromatic nitrogens is 1. The van der Waals surface area contributed by atoms with Crippen molar-refractivity contribution in [2.75, 3.05) is 25.0 Å². The fraction of sp³-hybridized carbons (Fsp3) is 0.696. The number of nitrogens with zero attached hydrogens (tertiary/aromatic N) is 3. The molecule has 7 nitrogen and oxygen atoms in total. The van der Waals surface area contributed by atoms with Crippen LogP contribution in [0.5, 0.6) is 0 Å². The van der Waals surface area contributed by atoms with Crippen molar-refractivity contribution in [1.29, 1.82) is 0 Å². The minimum Gasteiger partial charge on any atom is -0.446 e. The molecule has 10 heteroatoms. The summed E-state index contributed by atoms with van der Waals surface area (Å²) in [6, 6.07) is 2.32. The zero-order valence-corrected chi connectivity index (χ0v) is 18.6. The summed E-state index contributed by atoms with van der Waals surface area (Å²) in [5, 5.41) is 0. The lowest BCUT2D eigenvalue weighted by molar-refractivity contribution is -0.161. The Kier molecular flexibility index (Phi) is 5.25. The highest BCUT2D eigenvalue weighted by molar-refractivity contribution is 5.81. The molecule has 5 fully saturated rings. The molecule has 2 heterocycles. The van der Waals surface area contributed by atoms with Gasteiger partial charge in [-0.15, -0.1) is 0 Å². The number of primary amides is 1. The highest BCUT2D eigenvalue weighted by Crippen LogP contribution is 2.60. The monoisotopic (exact) mass is 466 g/mol. The van der Waals surface area contributed by atoms with Crippen molar-refractivity contribution in [2.24, 2.45) is 28.9 Å². The van der Waals surface area contributed by atoms with Crippen molar-refractivity contribution in [3.63, 3.8) is 0 Å². The number of alkyl halides is 3. The lowest BCUT2D eigenvalue weighted by atomic mass is 9.48. The van der Waals surface area contributed by atoms with E-state index in [0.717, 1.165) is 31.5 Å². The largest absolute Gasteiger partial charge is 0.446 e. The first-order chi connectivity index (χ1) is 15.6. The average Bonchev–Trinajstić information content (AvgIpc) is 3.25. The van der Waals surface area contributed by atoms with Gasteiger partial charge in [-0.3, -0.25) is 4.79 Å². The first-order valence-corrected chi connectivity index (χ1v) is 11.6. The first kappa shape index (κ1) is 22.3. The maximum absolute atomic E-state index is 13.0. The van der Waals surface area contributed by atoms with Crippen LogP contribution in [-0.2, 0) is 15.7 Å². The van der Waals surface area contributed by atoms with Gasteiger partial charge in [-0.2, -0.15) is 13.2 Å². The molecule has 6 rings (SSSR count). The number of rotatable bonds is 4. The molecule has 1 aromatic heterocycles. The Morgan fingerprint density at radius 2 is 1.91 bits per heavy atom. The van der Waals surface area contributed by atoms with Crippen LogP contribution in [0.2, 0.25) is 0 Å². The smallest absolute Gasteiger partial charge is 0.417 e. The topological polar surface area (TPSA) is 88.8 Å². The number of anilines is 1. The normalized spacial score (nSPS) is 35.0. The number of carbonyl (C=O) groups excluding carboxylic acids is 2. The number of likely N-dealkylation sites (tertiary alicyclic amines) is 1. The molecule has 33 heavy (non-hydrogen) atoms. The molecule has 4 saturated carbocycles. The second-order valence-electron chi connectivity index (χ2n) is 10.4. The van der Waals surface area contributed by atoms with Crippen LogP contribution in [-0.4, -0.2) is 54.2 Å². The van der Waals surface area contributed by atoms with Gasteiger partial charge in [0.1, 0.15) is 11.9 Å². The molecule has 5 aliphatic rings. The molecular weight excluding hydrogens is 437 g/mol. The molecule has 180 valence electrons. The minimum absolute atomic E-state index is 0.0570. The molecule has 1 aromatic rings. The molecule has 2 N–H and O–H groups in total. The van der Waals surface area contributed by atoms with Crippen LogP contribution in [0.3, 0.4) is 0 Å². The number of nitrogens with two attached hydrogens (primary N) is 1. The number of likely N-dealkylation sites (N-methyl/N-ethyl adjacent to an activating group) is 1. The maximum Gasteiger partial charge on any atom is 0.417 e. The predicted octanol–water partition coefficient (Wildman–Crippen LogP) is 3.43. The van der Waals surface area contributed by atoms with Gasteiger partial charge >= 0.3 is 12.3 Å². The zero-order valence-electron chi connectivity index (χ0n) is 18.6. The summed E-state index contributed by atoms with van der Waals surface area (Å²) >= 11 is 0. The highest BCUT2D eigenvalue weighted by Gasteiger charge is 2.59. The van der Waals surface area contributed by atoms with E-state index >= 15 is 0 Å². The summed E-state index contributed by atoms with van der Waals surface area (Å²) in [6.07, 6.45) is 0.809. The Bertz CT molecular complexity index is 922. The van der Waals surface area contributed by atoms with Gasteiger partial charge in [-0.25, -0.2) is 9.78 Å². The Hall–Kier alpha value is -2.52. The number of pyridine rings is 1. The van der Waals surface area contributed by atoms with Crippen LogP contribution >= 0.6 is 0 Å². The SMILES string of the molecule is CN(c1ccc(C(F)(F)F)cn1)C1CCN(C(=O)OC2[C@@H]3CC4C[C@H]2CC(C(N)=O)(C4)C3)C1. The summed E-state index contributed by atoms with van der Waals surface area (Å²) in [6.45, 7) is 0.943. The number of hydrogen-bond donors (Lipinski definition) is 1. The van der Waals surface area contributed by atoms with Gasteiger partial charge in [0, 0.05) is 32.4 Å². The van der Waals surface area contributed by atoms with Gasteiger partial charge in [-0.1, -0.05) is 0 Å². The Labute approximate surface area is 190 Å². The molecule has 6 atom stereocenters. The number of carbonyl (C=O) groups is 2. The van der Waals surface area contributed by atoms with Crippen molar-refractivity contribution in [3.8, 4) is 0 Å². The fourth-order valence-corrected chi connectivity index (χ4v) is 6.84. The second kappa shape index (κ2) is 7.77. The summed E-state index contributed by atoms with van der Waals surface area (Å²) < 4.78 is 44.4. The van der Waals surface area contributed by atoms with E-state index in [-0.39, 0.29) is 36.0 Å². The van der Waals surface area contributed by atoms with Gasteiger partial charge in [0.15, 0.2) is 0 Å². The van der Waals surface area contributed by atoms with Gasteiger partial charge in [0.2, 0.25) is 5.91 Å². The minimum atomic E-state index is -4.42. The molecule has 1 saturated heterocycles. The van der Waals surface area contributed by atoms with E-state index in [0.29, 0.717) is 44.1 Å². The lowest BCUT2D eigenvalue weighted by Gasteiger charge is -2.58. The van der Waals surface area contributed by atoms with E-state index in [9.17, 15) is 22.8 Å². The third-order valence-corrected chi connectivity index (χ3v) is 8.35. The summed E-state index contributed by atoms with van der Waals surface area (Å²) in [5.74, 6) is 1.08. The lowest BCUT2D eigenvalue weighted by Crippen LogP contribution is -2.59. The van der Waals surface area contributed by atoms with Gasteiger partial charge in [0.05, 0.1) is 11.0 Å². The second-order valence-corrected chi connectivity index (χ2v) is 10.4. The quantitative estimate of drug-likeness (QED) is 0.735. The first-order valence-electron chi connectivity index (χ1n) is 11.6. The standard InChI is InChI=1S/C23H29F3N4O3/c1-29(18-3-2-16(11-28-18)23(24,25)26)17-4-5-30(12-17)21(32)33-19-14-6-13-7-15(19)10-22(8-13,9-14)20(27)31/h2-3,11,13-15,17,19H,4-10,12H2,1H3,(H2,27,31)/t13?,14-,15+,17?,19?,22?. The number of ether oxygens (including phenoxy) is 1. The van der Waals surface area contributed by atoms with E-state index in [2.05, 4.69) is 4.98 Å². The van der Waals surface area contributed by atoms with E-state index in [4.69, 9.17) is 10.5 Å². The van der Waals surface area contributed by atoms with E-state index < -0.39 is 17.2 Å². The molecule has 4 bridgehead atoms. The average molecular weight is 467 g/mol. The van der Waals surface area contributed by atoms with Gasteiger partial charge < -0.3 is 20.3 Å². The zero-order chi connectivity index (χ0) is 23.5. The van der Waals surface area contributed by atoms with E-state index in [1.807, 2.05) is 4.90 Å². The number of halogens is 3. The molecule has 0 spiro atoms. The van der Waals surface area contributed by atoms with Crippen molar-refractivity contribution in [2.45, 2.75) is 56.8 Å². The van der Waals surface area contributed by atoms with Crippen LogP contribution in [0.1, 0.15) is 44.1 Å². The van der Waals surface area contributed by atoms with Gasteiger partial charge in [-0.05, 0) is 68.4 Å². The Morgan fingerprint density at radius 1 is 1.21 bits per heavy atom. The van der Waals surface area contributed by atoms with Gasteiger partial charge in [0.25, 0.3) is 0 Å². The molecular formula is C23H29F3N4O3. The maximum atomic E-state index is 13.0. The summed E-state index contributed by atoms with van der Waals surface area (Å²) in [5.41, 5.74) is 4.53. The van der Waals surface area contributed by atoms with E-state index in [1.165, 1.54) is 6.07 Å². The molecule has 0 aromatic carbocycles. The van der Waals surface area contributed by atoms with Crippen molar-refractivity contribution in [1.82, 2.24) is 9.88 Å². The third-order valence-electron chi connectivity index (χ3n) is 8.35. The molecule has 2 amide bonds. The molecule has 4 unspecified atom stereocenters. The van der Waals surface area contributed by atoms with Crippen LogP contribution in [0.4, 0.5) is 23.8 Å². The molecule has 0 radical (unpaired) electrons. The highest BCUT2D eigenvalue weighted by atomic mass is 19.4. The fourth-order valence-electron chi connectivity index (χ4n) is 6.84. The number of amides is 2. The van der Waals surface area contributed by atoms with Crippen LogP contribution < -0.4 is 10.6 Å². The Balaban J connectivity index is 1.19. The van der Waals surface area contributed by atoms with Crippen molar-refractivity contribution in [3.05, 3.63) is 23.9 Å². The van der Waals surface area contributed by atoms with Crippen LogP contribution in [0, 0.1) is 23.2 Å². The van der Waals surface area contributed by atoms with Crippen molar-refractivity contribution < 1.29 is 27.5 Å². The molecule has 4 aliphatic carbocycles. The van der Waals surface area contributed by atoms with Crippen LogP contribution in [0.15, 0.2) is 18.3 Å². The number of hydrogen-bond acceptors (Lipinski definition) is 5. The summed E-state index contributed by atoms with van der Waals surface area (Å²) in [7, 11) is 1.77. The predicted molar refractivity (Wildman–Crippen MR) is 113 cm³/mol.